The van der Waals surface area contributed by atoms with Gasteiger partial charge in [0.1, 0.15) is 0 Å². The zero-order valence-electron chi connectivity index (χ0n) is 11.4. The monoisotopic (exact) mass is 249 g/mol. The van der Waals surface area contributed by atoms with Gasteiger partial charge in [0.15, 0.2) is 5.82 Å². The van der Waals surface area contributed by atoms with E-state index < -0.39 is 0 Å². The first-order valence-electron chi connectivity index (χ1n) is 7.21. The lowest BCUT2D eigenvalue weighted by atomic mass is 9.85. The Morgan fingerprint density at radius 2 is 2.33 bits per heavy atom. The number of piperidine rings is 1. The lowest BCUT2D eigenvalue weighted by Crippen LogP contribution is -2.33. The number of nitrogens with one attached hydrogen (secondary N) is 1. The molecule has 1 saturated heterocycles. The molecule has 2 heterocycles. The SMILES string of the molecule is CC(Cc1nc(C2(C)CC2)no1)C1CCCNC1. The van der Waals surface area contributed by atoms with Gasteiger partial charge < -0.3 is 9.84 Å². The quantitative estimate of drug-likeness (QED) is 0.889. The van der Waals surface area contributed by atoms with Crippen LogP contribution in [0.3, 0.4) is 0 Å². The average molecular weight is 249 g/mol. The highest BCUT2D eigenvalue weighted by atomic mass is 16.5. The maximum Gasteiger partial charge on any atom is 0.226 e. The minimum atomic E-state index is 0.220. The lowest BCUT2D eigenvalue weighted by Gasteiger charge is -2.27. The van der Waals surface area contributed by atoms with E-state index in [2.05, 4.69) is 29.3 Å². The number of hydrogen-bond donors (Lipinski definition) is 1. The van der Waals surface area contributed by atoms with Gasteiger partial charge in [-0.05, 0) is 50.6 Å². The van der Waals surface area contributed by atoms with Gasteiger partial charge in [0.05, 0.1) is 0 Å². The van der Waals surface area contributed by atoms with Crippen LogP contribution in [0.5, 0.6) is 0 Å². The Bertz CT molecular complexity index is 405. The molecule has 1 N–H and O–H groups in total. The van der Waals surface area contributed by atoms with Crippen LogP contribution in [-0.4, -0.2) is 23.2 Å². The second-order valence-electron chi connectivity index (χ2n) is 6.36. The molecule has 2 unspecified atom stereocenters. The molecule has 2 atom stereocenters. The number of nitrogens with zero attached hydrogens (tertiary/aromatic N) is 2. The summed E-state index contributed by atoms with van der Waals surface area (Å²) in [5, 5.41) is 7.62. The van der Waals surface area contributed by atoms with Crippen LogP contribution in [0.2, 0.25) is 0 Å². The van der Waals surface area contributed by atoms with E-state index in [4.69, 9.17) is 4.52 Å². The van der Waals surface area contributed by atoms with Gasteiger partial charge >= 0.3 is 0 Å². The summed E-state index contributed by atoms with van der Waals surface area (Å²) in [6.07, 6.45) is 5.95. The third kappa shape index (κ3) is 2.44. The molecule has 1 aliphatic carbocycles. The lowest BCUT2D eigenvalue weighted by molar-refractivity contribution is 0.256. The van der Waals surface area contributed by atoms with Gasteiger partial charge in [0.2, 0.25) is 5.89 Å². The molecule has 0 amide bonds. The van der Waals surface area contributed by atoms with Crippen molar-refractivity contribution in [2.75, 3.05) is 13.1 Å². The van der Waals surface area contributed by atoms with Crippen LogP contribution in [0.25, 0.3) is 0 Å². The number of rotatable bonds is 4. The fourth-order valence-corrected chi connectivity index (χ4v) is 2.80. The van der Waals surface area contributed by atoms with Crippen molar-refractivity contribution in [2.24, 2.45) is 11.8 Å². The molecule has 0 aromatic carbocycles. The summed E-state index contributed by atoms with van der Waals surface area (Å²) in [6, 6.07) is 0. The molecule has 3 rings (SSSR count). The van der Waals surface area contributed by atoms with Gasteiger partial charge in [-0.2, -0.15) is 4.98 Å². The van der Waals surface area contributed by atoms with E-state index in [0.717, 1.165) is 30.6 Å². The standard InChI is InChI=1S/C14H23N3O/c1-10(11-4-3-7-15-9-11)8-12-16-13(17-18-12)14(2)5-6-14/h10-11,15H,3-9H2,1-2H3. The highest BCUT2D eigenvalue weighted by molar-refractivity contribution is 5.14. The molecule has 0 bridgehead atoms. The van der Waals surface area contributed by atoms with Crippen LogP contribution in [0, 0.1) is 11.8 Å². The van der Waals surface area contributed by atoms with Crippen molar-refractivity contribution in [3.05, 3.63) is 11.7 Å². The van der Waals surface area contributed by atoms with E-state index in [1.54, 1.807) is 0 Å². The Kier molecular flexibility index (Phi) is 3.14. The number of aromatic nitrogens is 2. The molecular formula is C14H23N3O. The average Bonchev–Trinajstić information content (AvgIpc) is 2.97. The zero-order chi connectivity index (χ0) is 12.6. The van der Waals surface area contributed by atoms with Crippen LogP contribution in [0.15, 0.2) is 4.52 Å². The van der Waals surface area contributed by atoms with Crippen LogP contribution in [-0.2, 0) is 11.8 Å². The summed E-state index contributed by atoms with van der Waals surface area (Å²) in [5.74, 6) is 3.13. The first kappa shape index (κ1) is 12.2. The molecule has 18 heavy (non-hydrogen) atoms. The van der Waals surface area contributed by atoms with Gasteiger partial charge in [-0.15, -0.1) is 0 Å². The van der Waals surface area contributed by atoms with Crippen LogP contribution in [0.1, 0.15) is 51.2 Å². The Morgan fingerprint density at radius 3 is 3.00 bits per heavy atom. The van der Waals surface area contributed by atoms with E-state index in [1.807, 2.05) is 0 Å². The Morgan fingerprint density at radius 1 is 1.50 bits per heavy atom. The summed E-state index contributed by atoms with van der Waals surface area (Å²) < 4.78 is 5.41. The third-order valence-corrected chi connectivity index (χ3v) is 4.64. The molecule has 2 fully saturated rings. The minimum Gasteiger partial charge on any atom is -0.339 e. The summed E-state index contributed by atoms with van der Waals surface area (Å²) in [5.41, 5.74) is 0.220. The molecule has 2 aliphatic rings. The normalized spacial score (nSPS) is 28.0. The first-order chi connectivity index (χ1) is 8.67. The second kappa shape index (κ2) is 4.65. The predicted molar refractivity (Wildman–Crippen MR) is 69.3 cm³/mol. The van der Waals surface area contributed by atoms with E-state index in [9.17, 15) is 0 Å². The van der Waals surface area contributed by atoms with Crippen LogP contribution >= 0.6 is 0 Å². The summed E-state index contributed by atoms with van der Waals surface area (Å²) in [7, 11) is 0. The summed E-state index contributed by atoms with van der Waals surface area (Å²) in [6.45, 7) is 6.84. The molecule has 0 radical (unpaired) electrons. The van der Waals surface area contributed by atoms with Crippen LogP contribution < -0.4 is 5.32 Å². The van der Waals surface area contributed by atoms with Crippen molar-refractivity contribution in [1.82, 2.24) is 15.5 Å². The molecule has 4 nitrogen and oxygen atoms in total. The molecule has 0 spiro atoms. The molecule has 100 valence electrons. The topological polar surface area (TPSA) is 51.0 Å². The fourth-order valence-electron chi connectivity index (χ4n) is 2.80. The Hall–Kier alpha value is -0.900. The van der Waals surface area contributed by atoms with Crippen molar-refractivity contribution in [2.45, 2.75) is 51.4 Å². The third-order valence-electron chi connectivity index (χ3n) is 4.64. The van der Waals surface area contributed by atoms with Crippen LogP contribution in [0.4, 0.5) is 0 Å². The van der Waals surface area contributed by atoms with Gasteiger partial charge in [-0.1, -0.05) is 19.0 Å². The largest absolute Gasteiger partial charge is 0.339 e. The molecular weight excluding hydrogens is 226 g/mol. The van der Waals surface area contributed by atoms with Crippen molar-refractivity contribution < 1.29 is 4.52 Å². The predicted octanol–water partition coefficient (Wildman–Crippen LogP) is 2.30. The Labute approximate surface area is 109 Å². The van der Waals surface area contributed by atoms with Gasteiger partial charge in [0, 0.05) is 11.8 Å². The molecule has 1 aromatic heterocycles. The maximum atomic E-state index is 5.41. The maximum absolute atomic E-state index is 5.41. The smallest absolute Gasteiger partial charge is 0.226 e. The summed E-state index contributed by atoms with van der Waals surface area (Å²) in [4.78, 5) is 4.58. The molecule has 1 aromatic rings. The minimum absolute atomic E-state index is 0.220. The second-order valence-corrected chi connectivity index (χ2v) is 6.36. The highest BCUT2D eigenvalue weighted by Gasteiger charge is 2.43. The van der Waals surface area contributed by atoms with Crippen molar-refractivity contribution >= 4 is 0 Å². The molecule has 1 aliphatic heterocycles. The highest BCUT2D eigenvalue weighted by Crippen LogP contribution is 2.46. The molecule has 1 saturated carbocycles. The first-order valence-corrected chi connectivity index (χ1v) is 7.21. The fraction of sp³-hybridized carbons (Fsp3) is 0.857. The van der Waals surface area contributed by atoms with E-state index >= 15 is 0 Å². The van der Waals surface area contributed by atoms with E-state index in [-0.39, 0.29) is 5.41 Å². The van der Waals surface area contributed by atoms with Gasteiger partial charge in [-0.25, -0.2) is 0 Å². The Balaban J connectivity index is 1.59. The zero-order valence-corrected chi connectivity index (χ0v) is 11.4. The van der Waals surface area contributed by atoms with Crippen molar-refractivity contribution in [3.63, 3.8) is 0 Å². The van der Waals surface area contributed by atoms with Gasteiger partial charge in [0.25, 0.3) is 0 Å². The molecule has 4 heteroatoms. The van der Waals surface area contributed by atoms with Crippen molar-refractivity contribution in [3.8, 4) is 0 Å². The van der Waals surface area contributed by atoms with E-state index in [0.29, 0.717) is 5.92 Å². The van der Waals surface area contributed by atoms with Crippen molar-refractivity contribution in [1.29, 1.82) is 0 Å². The van der Waals surface area contributed by atoms with E-state index in [1.165, 1.54) is 32.2 Å². The van der Waals surface area contributed by atoms with Gasteiger partial charge in [-0.3, -0.25) is 0 Å². The number of hydrogen-bond acceptors (Lipinski definition) is 4. The summed E-state index contributed by atoms with van der Waals surface area (Å²) >= 11 is 0.